The van der Waals surface area contributed by atoms with Crippen LogP contribution in [-0.2, 0) is 11.8 Å². The summed E-state index contributed by atoms with van der Waals surface area (Å²) in [5.41, 5.74) is 4.10. The van der Waals surface area contributed by atoms with Gasteiger partial charge in [-0.3, -0.25) is 4.79 Å². The number of ketones is 1. The molecule has 24 heavy (non-hydrogen) atoms. The van der Waals surface area contributed by atoms with Crippen molar-refractivity contribution in [3.8, 4) is 5.75 Å². The number of rotatable bonds is 2. The Morgan fingerprint density at radius 3 is 2.54 bits per heavy atom. The Balaban J connectivity index is 2.05. The summed E-state index contributed by atoms with van der Waals surface area (Å²) in [6.07, 6.45) is 2.13. The molecular weight excluding hydrogens is 298 g/mol. The van der Waals surface area contributed by atoms with Crippen molar-refractivity contribution in [2.24, 2.45) is 7.05 Å². The van der Waals surface area contributed by atoms with Gasteiger partial charge in [0, 0.05) is 41.2 Å². The average molecular weight is 317 g/mol. The molecule has 3 nitrogen and oxygen atoms in total. The summed E-state index contributed by atoms with van der Waals surface area (Å²) in [5, 5.41) is 1.17. The van der Waals surface area contributed by atoms with Crippen molar-refractivity contribution >= 4 is 16.7 Å². The number of para-hydroxylation sites is 2. The lowest BCUT2D eigenvalue weighted by molar-refractivity contribution is -0.114. The lowest BCUT2D eigenvalue weighted by Gasteiger charge is -2.28. The number of carbonyl (C=O) groups is 1. The van der Waals surface area contributed by atoms with Crippen LogP contribution in [0.3, 0.4) is 0 Å². The molecule has 120 valence electrons. The van der Waals surface area contributed by atoms with Gasteiger partial charge in [0.2, 0.25) is 0 Å². The standard InChI is InChI=1S/C21H19NO2/c1-13(23)20-14(2)24-19-11-7-5-9-16(19)21(20)17-12-22(3)18-10-6-4-8-15(17)18/h4-12,21H,1-3H3. The highest BCUT2D eigenvalue weighted by Gasteiger charge is 2.33. The first-order valence-electron chi connectivity index (χ1n) is 8.10. The SMILES string of the molecule is CC(=O)C1=C(C)Oc2ccccc2C1c1cn(C)c2ccccc12. The quantitative estimate of drug-likeness (QED) is 0.693. The van der Waals surface area contributed by atoms with Gasteiger partial charge in [0.1, 0.15) is 11.5 Å². The van der Waals surface area contributed by atoms with Crippen LogP contribution in [0.1, 0.15) is 30.9 Å². The zero-order valence-corrected chi connectivity index (χ0v) is 14.0. The summed E-state index contributed by atoms with van der Waals surface area (Å²) in [4.78, 5) is 12.4. The molecule has 0 bridgehead atoms. The van der Waals surface area contributed by atoms with Gasteiger partial charge in [0.15, 0.2) is 5.78 Å². The van der Waals surface area contributed by atoms with E-state index in [2.05, 4.69) is 29.0 Å². The predicted octanol–water partition coefficient (Wildman–Crippen LogP) is 4.57. The number of ether oxygens (including phenoxy) is 1. The topological polar surface area (TPSA) is 31.2 Å². The van der Waals surface area contributed by atoms with Crippen LogP contribution in [0.15, 0.2) is 66.1 Å². The molecule has 1 unspecified atom stereocenters. The van der Waals surface area contributed by atoms with Crippen LogP contribution < -0.4 is 4.74 Å². The number of Topliss-reactive ketones (excluding diaryl/α,β-unsaturated/α-hetero) is 1. The van der Waals surface area contributed by atoms with Gasteiger partial charge in [-0.15, -0.1) is 0 Å². The molecular formula is C21H19NO2. The lowest BCUT2D eigenvalue weighted by Crippen LogP contribution is -2.20. The monoisotopic (exact) mass is 317 g/mol. The molecule has 1 aliphatic rings. The fourth-order valence-electron chi connectivity index (χ4n) is 3.77. The highest BCUT2D eigenvalue weighted by atomic mass is 16.5. The van der Waals surface area contributed by atoms with E-state index in [0.29, 0.717) is 5.76 Å². The molecule has 1 aliphatic heterocycles. The summed E-state index contributed by atoms with van der Waals surface area (Å²) in [6.45, 7) is 3.50. The summed E-state index contributed by atoms with van der Waals surface area (Å²) in [7, 11) is 2.04. The molecule has 2 heterocycles. The van der Waals surface area contributed by atoms with Gasteiger partial charge in [-0.2, -0.15) is 0 Å². The van der Waals surface area contributed by atoms with E-state index in [-0.39, 0.29) is 11.7 Å². The van der Waals surface area contributed by atoms with Gasteiger partial charge in [-0.05, 0) is 31.5 Å². The minimum atomic E-state index is -0.0986. The molecule has 0 aliphatic carbocycles. The van der Waals surface area contributed by atoms with Crippen molar-refractivity contribution in [3.63, 3.8) is 0 Å². The molecule has 1 atom stereocenters. The smallest absolute Gasteiger partial charge is 0.160 e. The second-order valence-corrected chi connectivity index (χ2v) is 6.31. The minimum absolute atomic E-state index is 0.0555. The number of nitrogens with zero attached hydrogens (tertiary/aromatic N) is 1. The van der Waals surface area contributed by atoms with Crippen molar-refractivity contribution in [1.29, 1.82) is 0 Å². The summed E-state index contributed by atoms with van der Waals surface area (Å²) in [5.74, 6) is 1.48. The second-order valence-electron chi connectivity index (χ2n) is 6.31. The highest BCUT2D eigenvalue weighted by molar-refractivity contribution is 5.98. The summed E-state index contributed by atoms with van der Waals surface area (Å²) < 4.78 is 8.05. The minimum Gasteiger partial charge on any atom is -0.461 e. The summed E-state index contributed by atoms with van der Waals surface area (Å²) >= 11 is 0. The molecule has 0 N–H and O–H groups in total. The molecule has 0 saturated carbocycles. The summed E-state index contributed by atoms with van der Waals surface area (Å²) in [6, 6.07) is 16.3. The first-order valence-corrected chi connectivity index (χ1v) is 8.10. The van der Waals surface area contributed by atoms with Crippen LogP contribution in [-0.4, -0.2) is 10.4 Å². The molecule has 0 spiro atoms. The molecule has 2 aromatic carbocycles. The van der Waals surface area contributed by atoms with Gasteiger partial charge >= 0.3 is 0 Å². The van der Waals surface area contributed by atoms with Crippen molar-refractivity contribution in [3.05, 3.63) is 77.2 Å². The van der Waals surface area contributed by atoms with Gasteiger partial charge in [-0.1, -0.05) is 36.4 Å². The second kappa shape index (κ2) is 5.38. The number of fused-ring (bicyclic) bond motifs is 2. The van der Waals surface area contributed by atoms with E-state index in [1.807, 2.05) is 44.3 Å². The maximum absolute atomic E-state index is 12.4. The number of carbonyl (C=O) groups excluding carboxylic acids is 1. The molecule has 3 aromatic rings. The van der Waals surface area contributed by atoms with Crippen LogP contribution in [0.25, 0.3) is 10.9 Å². The largest absolute Gasteiger partial charge is 0.461 e. The number of hydrogen-bond donors (Lipinski definition) is 0. The lowest BCUT2D eigenvalue weighted by atomic mass is 9.80. The zero-order chi connectivity index (χ0) is 16.8. The van der Waals surface area contributed by atoms with Crippen molar-refractivity contribution in [1.82, 2.24) is 4.57 Å². The molecule has 0 saturated heterocycles. The average Bonchev–Trinajstić information content (AvgIpc) is 2.90. The third-order valence-electron chi connectivity index (χ3n) is 4.78. The first-order chi connectivity index (χ1) is 11.6. The Labute approximate surface area is 141 Å². The van der Waals surface area contributed by atoms with E-state index in [9.17, 15) is 4.79 Å². The van der Waals surface area contributed by atoms with Crippen LogP contribution in [0, 0.1) is 0 Å². The van der Waals surface area contributed by atoms with E-state index >= 15 is 0 Å². The Bertz CT molecular complexity index is 994. The van der Waals surface area contributed by atoms with Crippen LogP contribution in [0.5, 0.6) is 5.75 Å². The predicted molar refractivity (Wildman–Crippen MR) is 95.2 cm³/mol. The third-order valence-corrected chi connectivity index (χ3v) is 4.78. The first kappa shape index (κ1) is 14.8. The van der Waals surface area contributed by atoms with Gasteiger partial charge < -0.3 is 9.30 Å². The van der Waals surface area contributed by atoms with Crippen molar-refractivity contribution in [2.45, 2.75) is 19.8 Å². The maximum atomic E-state index is 12.4. The van der Waals surface area contributed by atoms with Crippen LogP contribution >= 0.6 is 0 Å². The van der Waals surface area contributed by atoms with E-state index < -0.39 is 0 Å². The third kappa shape index (κ3) is 2.08. The normalized spacial score (nSPS) is 16.9. The van der Waals surface area contributed by atoms with Crippen LogP contribution in [0.4, 0.5) is 0 Å². The molecule has 0 radical (unpaired) electrons. The Morgan fingerprint density at radius 1 is 1.04 bits per heavy atom. The molecule has 4 rings (SSSR count). The van der Waals surface area contributed by atoms with E-state index in [1.54, 1.807) is 6.92 Å². The fraction of sp³-hybridized carbons (Fsp3) is 0.190. The van der Waals surface area contributed by atoms with Gasteiger partial charge in [-0.25, -0.2) is 0 Å². The number of benzene rings is 2. The van der Waals surface area contributed by atoms with Crippen molar-refractivity contribution < 1.29 is 9.53 Å². The number of hydrogen-bond acceptors (Lipinski definition) is 2. The molecule has 0 amide bonds. The van der Waals surface area contributed by atoms with Crippen LogP contribution in [0.2, 0.25) is 0 Å². The van der Waals surface area contributed by atoms with Gasteiger partial charge in [0.05, 0.1) is 0 Å². The Hall–Kier alpha value is -2.81. The number of aryl methyl sites for hydroxylation is 1. The Morgan fingerprint density at radius 2 is 1.75 bits per heavy atom. The van der Waals surface area contributed by atoms with E-state index in [4.69, 9.17) is 4.74 Å². The van der Waals surface area contributed by atoms with Crippen molar-refractivity contribution in [2.75, 3.05) is 0 Å². The number of allylic oxidation sites excluding steroid dienone is 2. The highest BCUT2D eigenvalue weighted by Crippen LogP contribution is 2.45. The molecule has 1 aromatic heterocycles. The van der Waals surface area contributed by atoms with Gasteiger partial charge in [0.25, 0.3) is 0 Å². The van der Waals surface area contributed by atoms with E-state index in [1.165, 1.54) is 5.39 Å². The molecule has 0 fully saturated rings. The fourth-order valence-corrected chi connectivity index (χ4v) is 3.77. The zero-order valence-electron chi connectivity index (χ0n) is 14.0. The maximum Gasteiger partial charge on any atom is 0.160 e. The van der Waals surface area contributed by atoms with E-state index in [0.717, 1.165) is 28.0 Å². The number of aromatic nitrogens is 1. The Kier molecular flexibility index (Phi) is 3.31. The molecule has 3 heteroatoms.